The van der Waals surface area contributed by atoms with Crippen molar-refractivity contribution in [3.8, 4) is 0 Å². The molecule has 1 aromatic heterocycles. The first-order chi connectivity index (χ1) is 20.9. The van der Waals surface area contributed by atoms with E-state index in [4.69, 9.17) is 0 Å². The minimum Gasteiger partial charge on any atom is -0.383 e. The highest BCUT2D eigenvalue weighted by molar-refractivity contribution is 5.99. The van der Waals surface area contributed by atoms with E-state index >= 15 is 0 Å². The first-order valence-corrected chi connectivity index (χ1v) is 15.4. The zero-order chi connectivity index (χ0) is 29.9. The van der Waals surface area contributed by atoms with Gasteiger partial charge in [0, 0.05) is 57.9 Å². The summed E-state index contributed by atoms with van der Waals surface area (Å²) in [6, 6.07) is 11.8. The molecule has 1 atom stereocenters. The largest absolute Gasteiger partial charge is 0.383 e. The van der Waals surface area contributed by atoms with Crippen molar-refractivity contribution in [3.05, 3.63) is 75.6 Å². The highest BCUT2D eigenvalue weighted by Crippen LogP contribution is 2.33. The number of hydrogen-bond acceptors (Lipinski definition) is 7. The number of piperazine rings is 1. The highest BCUT2D eigenvalue weighted by atomic mass is 19.1. The van der Waals surface area contributed by atoms with Gasteiger partial charge in [-0.05, 0) is 74.4 Å². The molecule has 0 spiro atoms. The van der Waals surface area contributed by atoms with E-state index in [0.29, 0.717) is 29.0 Å². The van der Waals surface area contributed by atoms with Crippen LogP contribution >= 0.6 is 0 Å². The van der Waals surface area contributed by atoms with Gasteiger partial charge in [0.05, 0.1) is 10.9 Å². The number of nitrogens with zero attached hydrogens (tertiary/aromatic N) is 4. The quantitative estimate of drug-likeness (QED) is 0.387. The van der Waals surface area contributed by atoms with Gasteiger partial charge < -0.3 is 5.32 Å². The Morgan fingerprint density at radius 2 is 1.70 bits per heavy atom. The summed E-state index contributed by atoms with van der Waals surface area (Å²) in [5.41, 5.74) is 5.06. The Bertz CT molecular complexity index is 1610. The molecular weight excluding hydrogens is 547 g/mol. The Kier molecular flexibility index (Phi) is 8.67. The molecule has 2 aromatic carbocycles. The van der Waals surface area contributed by atoms with Crippen molar-refractivity contribution in [2.24, 2.45) is 0 Å². The zero-order valence-electron chi connectivity index (χ0n) is 24.7. The summed E-state index contributed by atoms with van der Waals surface area (Å²) < 4.78 is 14.9. The number of nitrogens with one attached hydrogen (secondary N) is 2. The van der Waals surface area contributed by atoms with Crippen molar-refractivity contribution < 1.29 is 14.0 Å². The first-order valence-electron chi connectivity index (χ1n) is 15.4. The molecule has 2 saturated heterocycles. The maximum absolute atomic E-state index is 13.7. The SMILES string of the molecule is Cc1nc2cccc(NCCN3CCN(CC4=C(c5ccc(F)cc5)CCCC4)CC3)c2c(=O)n1C1CCC(=O)NC1=O. The van der Waals surface area contributed by atoms with Crippen LogP contribution in [0.1, 0.15) is 56.0 Å². The van der Waals surface area contributed by atoms with Crippen molar-refractivity contribution in [2.45, 2.75) is 51.5 Å². The molecule has 3 aliphatic rings. The molecule has 9 nitrogen and oxygen atoms in total. The summed E-state index contributed by atoms with van der Waals surface area (Å²) in [6.07, 6.45) is 5.06. The minimum absolute atomic E-state index is 0.191. The molecule has 0 saturated carbocycles. The van der Waals surface area contributed by atoms with Crippen LogP contribution in [0, 0.1) is 12.7 Å². The van der Waals surface area contributed by atoms with Crippen LogP contribution in [0.5, 0.6) is 0 Å². The predicted octanol–water partition coefficient (Wildman–Crippen LogP) is 3.88. The molecule has 6 rings (SSSR count). The molecule has 3 aromatic rings. The Balaban J connectivity index is 1.07. The second-order valence-electron chi connectivity index (χ2n) is 11.8. The summed E-state index contributed by atoms with van der Waals surface area (Å²) in [6.45, 7) is 8.14. The van der Waals surface area contributed by atoms with Gasteiger partial charge in [-0.3, -0.25) is 34.1 Å². The van der Waals surface area contributed by atoms with Gasteiger partial charge >= 0.3 is 0 Å². The van der Waals surface area contributed by atoms with E-state index in [0.717, 1.165) is 57.7 Å². The maximum Gasteiger partial charge on any atom is 0.264 e. The molecule has 10 heteroatoms. The van der Waals surface area contributed by atoms with E-state index in [1.807, 2.05) is 30.3 Å². The molecule has 2 N–H and O–H groups in total. The number of carbonyl (C=O) groups excluding carboxylic acids is 2. The summed E-state index contributed by atoms with van der Waals surface area (Å²) in [7, 11) is 0. The number of hydrogen-bond donors (Lipinski definition) is 2. The number of fused-ring (bicyclic) bond motifs is 1. The average molecular weight is 587 g/mol. The molecular formula is C33H39FN6O3. The molecule has 226 valence electrons. The van der Waals surface area contributed by atoms with Gasteiger partial charge in [-0.1, -0.05) is 23.8 Å². The molecule has 3 heterocycles. The van der Waals surface area contributed by atoms with E-state index in [1.54, 1.807) is 19.1 Å². The van der Waals surface area contributed by atoms with Crippen molar-refractivity contribution in [1.29, 1.82) is 0 Å². The van der Waals surface area contributed by atoms with Crippen LogP contribution in [0.3, 0.4) is 0 Å². The average Bonchev–Trinajstić information content (AvgIpc) is 3.00. The number of carbonyl (C=O) groups is 2. The molecule has 43 heavy (non-hydrogen) atoms. The van der Waals surface area contributed by atoms with Gasteiger partial charge in [-0.25, -0.2) is 9.37 Å². The number of aromatic nitrogens is 2. The number of allylic oxidation sites excluding steroid dienone is 1. The zero-order valence-corrected chi connectivity index (χ0v) is 24.7. The van der Waals surface area contributed by atoms with E-state index < -0.39 is 11.9 Å². The third kappa shape index (κ3) is 6.40. The lowest BCUT2D eigenvalue weighted by molar-refractivity contribution is -0.135. The van der Waals surface area contributed by atoms with Crippen molar-refractivity contribution in [3.63, 3.8) is 0 Å². The summed E-state index contributed by atoms with van der Waals surface area (Å²) in [5, 5.41) is 6.26. The lowest BCUT2D eigenvalue weighted by Crippen LogP contribution is -2.48. The van der Waals surface area contributed by atoms with Crippen molar-refractivity contribution >= 4 is 34.0 Å². The van der Waals surface area contributed by atoms with Gasteiger partial charge in [-0.15, -0.1) is 0 Å². The third-order valence-electron chi connectivity index (χ3n) is 9.03. The fourth-order valence-corrected chi connectivity index (χ4v) is 6.73. The van der Waals surface area contributed by atoms with Crippen LogP contribution in [-0.2, 0) is 9.59 Å². The van der Waals surface area contributed by atoms with E-state index in [2.05, 4.69) is 25.4 Å². The summed E-state index contributed by atoms with van der Waals surface area (Å²) in [4.78, 5) is 47.5. The minimum atomic E-state index is -0.748. The molecule has 2 aliphatic heterocycles. The first kappa shape index (κ1) is 29.2. The summed E-state index contributed by atoms with van der Waals surface area (Å²) >= 11 is 0. The molecule has 1 aliphatic carbocycles. The number of piperidine rings is 1. The van der Waals surface area contributed by atoms with Crippen LogP contribution in [0.2, 0.25) is 0 Å². The fraction of sp³-hybridized carbons (Fsp3) is 0.455. The Morgan fingerprint density at radius 3 is 2.47 bits per heavy atom. The highest BCUT2D eigenvalue weighted by Gasteiger charge is 2.31. The third-order valence-corrected chi connectivity index (χ3v) is 9.03. The molecule has 0 radical (unpaired) electrons. The predicted molar refractivity (Wildman–Crippen MR) is 165 cm³/mol. The second-order valence-corrected chi connectivity index (χ2v) is 11.8. The molecule has 0 bridgehead atoms. The standard InChI is InChI=1S/C33H39FN6O3/c1-22-36-28-8-4-7-27(31(28)33(43)40(22)29-13-14-30(41)37-32(29)42)35-15-16-38-17-19-39(20-18-38)21-24-5-2-3-6-26(24)23-9-11-25(34)12-10-23/h4,7-12,29,35H,2-3,5-6,13-21H2,1H3,(H,37,41,42). The Morgan fingerprint density at radius 1 is 0.953 bits per heavy atom. The van der Waals surface area contributed by atoms with Gasteiger partial charge in [-0.2, -0.15) is 0 Å². The summed E-state index contributed by atoms with van der Waals surface area (Å²) in [5.74, 6) is -0.511. The monoisotopic (exact) mass is 586 g/mol. The van der Waals surface area contributed by atoms with Crippen LogP contribution in [0.15, 0.2) is 52.8 Å². The number of rotatable bonds is 8. The lowest BCUT2D eigenvalue weighted by atomic mass is 9.87. The van der Waals surface area contributed by atoms with E-state index in [1.165, 1.54) is 28.6 Å². The maximum atomic E-state index is 13.7. The van der Waals surface area contributed by atoms with E-state index in [9.17, 15) is 18.8 Å². The van der Waals surface area contributed by atoms with Gasteiger partial charge in [0.15, 0.2) is 0 Å². The van der Waals surface area contributed by atoms with Gasteiger partial charge in [0.1, 0.15) is 17.7 Å². The van der Waals surface area contributed by atoms with Gasteiger partial charge in [0.2, 0.25) is 11.8 Å². The van der Waals surface area contributed by atoms with Crippen LogP contribution in [-0.4, -0.2) is 77.0 Å². The topological polar surface area (TPSA) is 99.6 Å². The molecule has 1 unspecified atom stereocenters. The number of aryl methyl sites for hydroxylation is 1. The molecule has 2 fully saturated rings. The Labute approximate surface area is 250 Å². The van der Waals surface area contributed by atoms with Crippen LogP contribution < -0.4 is 16.2 Å². The molecule has 2 amide bonds. The number of halogens is 1. The van der Waals surface area contributed by atoms with Crippen LogP contribution in [0.25, 0.3) is 16.5 Å². The smallest absolute Gasteiger partial charge is 0.264 e. The Hall–Kier alpha value is -3.89. The number of amides is 2. The fourth-order valence-electron chi connectivity index (χ4n) is 6.73. The number of imide groups is 1. The lowest BCUT2D eigenvalue weighted by Gasteiger charge is -2.36. The van der Waals surface area contributed by atoms with Crippen molar-refractivity contribution in [2.75, 3.05) is 51.1 Å². The number of anilines is 1. The number of benzene rings is 2. The van der Waals surface area contributed by atoms with E-state index in [-0.39, 0.29) is 30.1 Å². The van der Waals surface area contributed by atoms with Gasteiger partial charge in [0.25, 0.3) is 5.56 Å². The van der Waals surface area contributed by atoms with Crippen molar-refractivity contribution in [1.82, 2.24) is 24.7 Å². The second kappa shape index (κ2) is 12.8. The normalized spacial score (nSPS) is 20.5. The van der Waals surface area contributed by atoms with Crippen LogP contribution in [0.4, 0.5) is 10.1 Å².